The van der Waals surface area contributed by atoms with Crippen LogP contribution in [0.15, 0.2) is 0 Å². The van der Waals surface area contributed by atoms with Crippen molar-refractivity contribution in [3.05, 3.63) is 0 Å². The highest BCUT2D eigenvalue weighted by atomic mass is 16.5. The summed E-state index contributed by atoms with van der Waals surface area (Å²) in [6.45, 7) is 0.909. The number of morpholine rings is 1. The fourth-order valence-corrected chi connectivity index (χ4v) is 2.82. The number of carboxylic acid groups (broad SMARTS) is 1. The van der Waals surface area contributed by atoms with Crippen LogP contribution in [0.3, 0.4) is 0 Å². The molecule has 19 heavy (non-hydrogen) atoms. The van der Waals surface area contributed by atoms with E-state index in [1.807, 2.05) is 7.05 Å². The number of nitrogens with zero attached hydrogens (tertiary/aromatic N) is 2. The van der Waals surface area contributed by atoms with Crippen molar-refractivity contribution < 1.29 is 19.4 Å². The van der Waals surface area contributed by atoms with Gasteiger partial charge in [-0.2, -0.15) is 0 Å². The maximum Gasteiger partial charge on any atom is 0.334 e. The Hall–Kier alpha value is -1.30. The van der Waals surface area contributed by atoms with Crippen molar-refractivity contribution in [2.45, 2.75) is 44.2 Å². The summed E-state index contributed by atoms with van der Waals surface area (Å²) >= 11 is 0. The first-order valence-corrected chi connectivity index (χ1v) is 6.95. The SMILES string of the molecule is CN(C(=O)N1CCOC(C(=O)O)C1)C1CCCCC1. The Morgan fingerprint density at radius 2 is 1.95 bits per heavy atom. The highest BCUT2D eigenvalue weighted by Gasteiger charge is 2.32. The molecule has 1 saturated heterocycles. The van der Waals surface area contributed by atoms with Crippen LogP contribution in [-0.4, -0.2) is 65.8 Å². The number of hydrogen-bond donors (Lipinski definition) is 1. The predicted molar refractivity (Wildman–Crippen MR) is 69.0 cm³/mol. The van der Waals surface area contributed by atoms with Crippen molar-refractivity contribution in [2.75, 3.05) is 26.7 Å². The highest BCUT2D eigenvalue weighted by molar-refractivity contribution is 5.77. The average Bonchev–Trinajstić information content (AvgIpc) is 2.46. The lowest BCUT2D eigenvalue weighted by Gasteiger charge is -2.38. The maximum absolute atomic E-state index is 12.4. The Morgan fingerprint density at radius 1 is 1.26 bits per heavy atom. The van der Waals surface area contributed by atoms with E-state index in [4.69, 9.17) is 9.84 Å². The molecule has 1 aliphatic heterocycles. The molecule has 1 N–H and O–H groups in total. The third-order valence-corrected chi connectivity index (χ3v) is 4.04. The second kappa shape index (κ2) is 6.23. The second-order valence-corrected chi connectivity index (χ2v) is 5.33. The smallest absolute Gasteiger partial charge is 0.334 e. The minimum absolute atomic E-state index is 0.0681. The largest absolute Gasteiger partial charge is 0.479 e. The molecule has 0 aromatic heterocycles. The second-order valence-electron chi connectivity index (χ2n) is 5.33. The number of aliphatic carboxylic acids is 1. The first kappa shape index (κ1) is 14.1. The summed E-state index contributed by atoms with van der Waals surface area (Å²) in [7, 11) is 1.82. The summed E-state index contributed by atoms with van der Waals surface area (Å²) in [5.74, 6) is -1.00. The highest BCUT2D eigenvalue weighted by Crippen LogP contribution is 2.22. The molecule has 6 heteroatoms. The molecular weight excluding hydrogens is 248 g/mol. The topological polar surface area (TPSA) is 70.1 Å². The van der Waals surface area contributed by atoms with Gasteiger partial charge in [0.2, 0.25) is 0 Å². The van der Waals surface area contributed by atoms with E-state index < -0.39 is 12.1 Å². The summed E-state index contributed by atoms with van der Waals surface area (Å²) in [4.78, 5) is 26.7. The number of amides is 2. The van der Waals surface area contributed by atoms with Gasteiger partial charge in [0.15, 0.2) is 6.10 Å². The Morgan fingerprint density at radius 3 is 2.58 bits per heavy atom. The van der Waals surface area contributed by atoms with Crippen molar-refractivity contribution in [1.82, 2.24) is 9.80 Å². The quantitative estimate of drug-likeness (QED) is 0.817. The number of ether oxygens (including phenoxy) is 1. The third-order valence-electron chi connectivity index (χ3n) is 4.04. The van der Waals surface area contributed by atoms with Crippen LogP contribution >= 0.6 is 0 Å². The van der Waals surface area contributed by atoms with Gasteiger partial charge in [-0.05, 0) is 12.8 Å². The molecule has 1 unspecified atom stereocenters. The molecule has 0 bridgehead atoms. The van der Waals surface area contributed by atoms with E-state index in [0.29, 0.717) is 19.2 Å². The van der Waals surface area contributed by atoms with Gasteiger partial charge in [-0.15, -0.1) is 0 Å². The van der Waals surface area contributed by atoms with E-state index in [-0.39, 0.29) is 12.6 Å². The van der Waals surface area contributed by atoms with Gasteiger partial charge in [0.25, 0.3) is 0 Å². The zero-order valence-electron chi connectivity index (χ0n) is 11.4. The molecular formula is C13H22N2O4. The van der Waals surface area contributed by atoms with Gasteiger partial charge in [-0.3, -0.25) is 0 Å². The van der Waals surface area contributed by atoms with Crippen LogP contribution in [0, 0.1) is 0 Å². The minimum atomic E-state index is -1.00. The lowest BCUT2D eigenvalue weighted by molar-refractivity contribution is -0.154. The fraction of sp³-hybridized carbons (Fsp3) is 0.846. The van der Waals surface area contributed by atoms with Crippen LogP contribution in [0.4, 0.5) is 4.79 Å². The Balaban J connectivity index is 1.92. The molecule has 1 aliphatic carbocycles. The van der Waals surface area contributed by atoms with Crippen LogP contribution in [0.2, 0.25) is 0 Å². The molecule has 1 atom stereocenters. The van der Waals surface area contributed by atoms with E-state index in [9.17, 15) is 9.59 Å². The third kappa shape index (κ3) is 3.37. The number of carbonyl (C=O) groups is 2. The van der Waals surface area contributed by atoms with E-state index in [1.165, 1.54) is 19.3 Å². The molecule has 2 amide bonds. The molecule has 108 valence electrons. The number of rotatable bonds is 2. The van der Waals surface area contributed by atoms with Crippen LogP contribution in [0.25, 0.3) is 0 Å². The standard InChI is InChI=1S/C13H22N2O4/c1-14(10-5-3-2-4-6-10)13(18)15-7-8-19-11(9-15)12(16)17/h10-11H,2-9H2,1H3,(H,16,17). The normalized spacial score (nSPS) is 25.1. The molecule has 0 aromatic rings. The van der Waals surface area contributed by atoms with Gasteiger partial charge >= 0.3 is 12.0 Å². The van der Waals surface area contributed by atoms with Crippen molar-refractivity contribution in [3.8, 4) is 0 Å². The first-order valence-electron chi connectivity index (χ1n) is 6.95. The van der Waals surface area contributed by atoms with Gasteiger partial charge in [-0.1, -0.05) is 19.3 Å². The number of hydrogen-bond acceptors (Lipinski definition) is 3. The number of carboxylic acids is 1. The Bertz CT molecular complexity index is 342. The van der Waals surface area contributed by atoms with Gasteiger partial charge < -0.3 is 19.6 Å². The van der Waals surface area contributed by atoms with Crippen LogP contribution < -0.4 is 0 Å². The lowest BCUT2D eigenvalue weighted by Crippen LogP contribution is -2.54. The molecule has 2 rings (SSSR count). The first-order chi connectivity index (χ1) is 9.09. The number of urea groups is 1. The van der Waals surface area contributed by atoms with Crippen molar-refractivity contribution in [3.63, 3.8) is 0 Å². The van der Waals surface area contributed by atoms with E-state index in [0.717, 1.165) is 12.8 Å². The summed E-state index contributed by atoms with van der Waals surface area (Å²) in [5.41, 5.74) is 0. The Kier molecular flexibility index (Phi) is 4.63. The van der Waals surface area contributed by atoms with E-state index in [1.54, 1.807) is 9.80 Å². The summed E-state index contributed by atoms with van der Waals surface area (Å²) in [5, 5.41) is 8.95. The predicted octanol–water partition coefficient (Wildman–Crippen LogP) is 1.16. The molecule has 0 spiro atoms. The lowest BCUT2D eigenvalue weighted by atomic mass is 9.95. The zero-order valence-corrected chi connectivity index (χ0v) is 11.4. The maximum atomic E-state index is 12.4. The average molecular weight is 270 g/mol. The summed E-state index contributed by atoms with van der Waals surface area (Å²) < 4.78 is 5.13. The van der Waals surface area contributed by atoms with Crippen LogP contribution in [0.1, 0.15) is 32.1 Å². The van der Waals surface area contributed by atoms with E-state index in [2.05, 4.69) is 0 Å². The van der Waals surface area contributed by atoms with E-state index >= 15 is 0 Å². The van der Waals surface area contributed by atoms with Crippen molar-refractivity contribution in [2.24, 2.45) is 0 Å². The Labute approximate surface area is 113 Å². The minimum Gasteiger partial charge on any atom is -0.479 e. The van der Waals surface area contributed by atoms with Gasteiger partial charge in [0, 0.05) is 19.6 Å². The molecule has 6 nitrogen and oxygen atoms in total. The molecule has 2 fully saturated rings. The summed E-state index contributed by atoms with van der Waals surface area (Å²) in [6, 6.07) is 0.230. The van der Waals surface area contributed by atoms with Crippen molar-refractivity contribution >= 4 is 12.0 Å². The molecule has 1 heterocycles. The molecule has 2 aliphatic rings. The summed E-state index contributed by atoms with van der Waals surface area (Å²) in [6.07, 6.45) is 4.80. The van der Waals surface area contributed by atoms with Gasteiger partial charge in [0.05, 0.1) is 13.2 Å². The number of carbonyl (C=O) groups excluding carboxylic acids is 1. The molecule has 0 aromatic carbocycles. The molecule has 0 radical (unpaired) electrons. The van der Waals surface area contributed by atoms with Crippen molar-refractivity contribution in [1.29, 1.82) is 0 Å². The molecule has 1 saturated carbocycles. The van der Waals surface area contributed by atoms with Gasteiger partial charge in [-0.25, -0.2) is 9.59 Å². The van der Waals surface area contributed by atoms with Gasteiger partial charge in [0.1, 0.15) is 0 Å². The van der Waals surface area contributed by atoms with Crippen LogP contribution in [0.5, 0.6) is 0 Å². The van der Waals surface area contributed by atoms with Crippen LogP contribution in [-0.2, 0) is 9.53 Å². The zero-order chi connectivity index (χ0) is 13.8. The fourth-order valence-electron chi connectivity index (χ4n) is 2.82. The monoisotopic (exact) mass is 270 g/mol.